The smallest absolute Gasteiger partial charge is 0.133 e. The molecule has 3 heteroatoms. The fourth-order valence-electron chi connectivity index (χ4n) is 1.75. The van der Waals surface area contributed by atoms with Crippen molar-refractivity contribution in [3.05, 3.63) is 59.7 Å². The minimum Gasteiger partial charge on any atom is -0.457 e. The molecule has 0 aliphatic rings. The van der Waals surface area contributed by atoms with Gasteiger partial charge in [-0.2, -0.15) is 0 Å². The van der Waals surface area contributed by atoms with Gasteiger partial charge in [-0.1, -0.05) is 30.3 Å². The van der Waals surface area contributed by atoms with Crippen LogP contribution in [-0.4, -0.2) is 10.2 Å². The number of benzene rings is 2. The molecule has 0 spiro atoms. The maximum absolute atomic E-state index is 9.66. The number of aliphatic hydroxyl groups is 2. The Morgan fingerprint density at radius 1 is 1.11 bits per heavy atom. The molecule has 0 unspecified atom stereocenters. The van der Waals surface area contributed by atoms with Gasteiger partial charge in [-0.15, -0.1) is 0 Å². The summed E-state index contributed by atoms with van der Waals surface area (Å²) < 4.78 is 5.74. The first-order chi connectivity index (χ1) is 8.70. The van der Waals surface area contributed by atoms with Gasteiger partial charge in [0.2, 0.25) is 0 Å². The lowest BCUT2D eigenvalue weighted by Crippen LogP contribution is -1.96. The zero-order chi connectivity index (χ0) is 13.0. The van der Waals surface area contributed by atoms with Gasteiger partial charge in [-0.25, -0.2) is 0 Å². The lowest BCUT2D eigenvalue weighted by molar-refractivity contribution is 0.195. The molecule has 2 aromatic rings. The van der Waals surface area contributed by atoms with Crippen LogP contribution in [0.2, 0.25) is 0 Å². The molecule has 0 heterocycles. The van der Waals surface area contributed by atoms with Crippen LogP contribution in [0.15, 0.2) is 48.5 Å². The van der Waals surface area contributed by atoms with Gasteiger partial charge in [0.15, 0.2) is 0 Å². The zero-order valence-electron chi connectivity index (χ0n) is 10.2. The molecular weight excluding hydrogens is 228 g/mol. The Balaban J connectivity index is 2.28. The third kappa shape index (κ3) is 2.88. The summed E-state index contributed by atoms with van der Waals surface area (Å²) in [6, 6.07) is 14.6. The highest BCUT2D eigenvalue weighted by Gasteiger charge is 2.09. The van der Waals surface area contributed by atoms with Crippen molar-refractivity contribution in [1.29, 1.82) is 0 Å². The SMILES string of the molecule is C[C@@H](O)c1ccccc1Oc1cccc(CO)c1. The summed E-state index contributed by atoms with van der Waals surface area (Å²) in [6.07, 6.45) is -0.581. The largest absolute Gasteiger partial charge is 0.457 e. The number of hydrogen-bond donors (Lipinski definition) is 2. The molecule has 2 N–H and O–H groups in total. The second-order valence-electron chi connectivity index (χ2n) is 4.12. The third-order valence-corrected chi connectivity index (χ3v) is 2.68. The van der Waals surface area contributed by atoms with Crippen LogP contribution < -0.4 is 4.74 Å². The first-order valence-electron chi connectivity index (χ1n) is 5.85. The summed E-state index contributed by atoms with van der Waals surface area (Å²) in [7, 11) is 0. The van der Waals surface area contributed by atoms with Crippen molar-refractivity contribution in [2.45, 2.75) is 19.6 Å². The highest BCUT2D eigenvalue weighted by molar-refractivity contribution is 5.39. The minimum atomic E-state index is -0.581. The Bertz CT molecular complexity index is 521. The molecule has 2 aromatic carbocycles. The van der Waals surface area contributed by atoms with Crippen LogP contribution in [0.5, 0.6) is 11.5 Å². The Kier molecular flexibility index (Phi) is 3.97. The molecule has 1 atom stereocenters. The first kappa shape index (κ1) is 12.6. The van der Waals surface area contributed by atoms with E-state index < -0.39 is 6.10 Å². The zero-order valence-corrected chi connectivity index (χ0v) is 10.2. The lowest BCUT2D eigenvalue weighted by atomic mass is 10.1. The van der Waals surface area contributed by atoms with E-state index in [0.717, 1.165) is 11.1 Å². The van der Waals surface area contributed by atoms with Crippen LogP contribution in [-0.2, 0) is 6.61 Å². The second kappa shape index (κ2) is 5.67. The minimum absolute atomic E-state index is 0.0186. The molecule has 0 aliphatic heterocycles. The van der Waals surface area contributed by atoms with E-state index in [9.17, 15) is 5.11 Å². The van der Waals surface area contributed by atoms with Crippen molar-refractivity contribution in [1.82, 2.24) is 0 Å². The molecule has 0 bridgehead atoms. The number of rotatable bonds is 4. The summed E-state index contributed by atoms with van der Waals surface area (Å²) in [5.74, 6) is 1.28. The van der Waals surface area contributed by atoms with Gasteiger partial charge in [-0.05, 0) is 30.7 Å². The molecule has 0 aromatic heterocycles. The quantitative estimate of drug-likeness (QED) is 0.869. The van der Waals surface area contributed by atoms with Gasteiger partial charge in [0, 0.05) is 5.56 Å². The maximum Gasteiger partial charge on any atom is 0.133 e. The van der Waals surface area contributed by atoms with Crippen LogP contribution in [0.25, 0.3) is 0 Å². The molecular formula is C15H16O3. The van der Waals surface area contributed by atoms with E-state index in [-0.39, 0.29) is 6.61 Å². The van der Waals surface area contributed by atoms with Crippen molar-refractivity contribution in [2.24, 2.45) is 0 Å². The van der Waals surface area contributed by atoms with Crippen LogP contribution in [0.3, 0.4) is 0 Å². The van der Waals surface area contributed by atoms with E-state index in [1.54, 1.807) is 13.0 Å². The van der Waals surface area contributed by atoms with Crippen molar-refractivity contribution in [3.8, 4) is 11.5 Å². The van der Waals surface area contributed by atoms with Crippen LogP contribution in [0.1, 0.15) is 24.2 Å². The molecule has 0 saturated heterocycles. The Labute approximate surface area is 106 Å². The molecule has 18 heavy (non-hydrogen) atoms. The molecule has 94 valence electrons. The monoisotopic (exact) mass is 244 g/mol. The van der Waals surface area contributed by atoms with Crippen LogP contribution >= 0.6 is 0 Å². The first-order valence-corrected chi connectivity index (χ1v) is 5.85. The topological polar surface area (TPSA) is 49.7 Å². The predicted octanol–water partition coefficient (Wildman–Crippen LogP) is 3.02. The van der Waals surface area contributed by atoms with Gasteiger partial charge in [0.05, 0.1) is 12.7 Å². The van der Waals surface area contributed by atoms with Gasteiger partial charge in [0.25, 0.3) is 0 Å². The second-order valence-corrected chi connectivity index (χ2v) is 4.12. The predicted molar refractivity (Wildman–Crippen MR) is 69.5 cm³/mol. The highest BCUT2D eigenvalue weighted by Crippen LogP contribution is 2.29. The summed E-state index contributed by atoms with van der Waals surface area (Å²) in [5, 5.41) is 18.7. The van der Waals surface area contributed by atoms with Crippen molar-refractivity contribution in [2.75, 3.05) is 0 Å². The van der Waals surface area contributed by atoms with Gasteiger partial charge in [0.1, 0.15) is 11.5 Å². The van der Waals surface area contributed by atoms with E-state index in [0.29, 0.717) is 11.5 Å². The number of para-hydroxylation sites is 1. The Hall–Kier alpha value is -1.84. The van der Waals surface area contributed by atoms with E-state index in [4.69, 9.17) is 9.84 Å². The Morgan fingerprint density at radius 2 is 1.89 bits per heavy atom. The Morgan fingerprint density at radius 3 is 2.61 bits per heavy atom. The fraction of sp³-hybridized carbons (Fsp3) is 0.200. The number of hydrogen-bond acceptors (Lipinski definition) is 3. The average molecular weight is 244 g/mol. The highest BCUT2D eigenvalue weighted by atomic mass is 16.5. The molecule has 0 radical (unpaired) electrons. The molecule has 0 saturated carbocycles. The van der Waals surface area contributed by atoms with Crippen molar-refractivity contribution in [3.63, 3.8) is 0 Å². The van der Waals surface area contributed by atoms with Gasteiger partial charge in [-0.3, -0.25) is 0 Å². The normalized spacial score (nSPS) is 12.2. The summed E-state index contributed by atoms with van der Waals surface area (Å²) in [6.45, 7) is 1.68. The lowest BCUT2D eigenvalue weighted by Gasteiger charge is -2.13. The van der Waals surface area contributed by atoms with E-state index >= 15 is 0 Å². The summed E-state index contributed by atoms with van der Waals surface area (Å²) >= 11 is 0. The fourth-order valence-corrected chi connectivity index (χ4v) is 1.75. The van der Waals surface area contributed by atoms with Crippen molar-refractivity contribution >= 4 is 0 Å². The summed E-state index contributed by atoms with van der Waals surface area (Å²) in [4.78, 5) is 0. The van der Waals surface area contributed by atoms with Gasteiger partial charge < -0.3 is 14.9 Å². The van der Waals surface area contributed by atoms with Crippen molar-refractivity contribution < 1.29 is 14.9 Å². The molecule has 3 nitrogen and oxygen atoms in total. The molecule has 0 amide bonds. The van der Waals surface area contributed by atoms with Crippen LogP contribution in [0.4, 0.5) is 0 Å². The third-order valence-electron chi connectivity index (χ3n) is 2.68. The van der Waals surface area contributed by atoms with Gasteiger partial charge >= 0.3 is 0 Å². The number of aliphatic hydroxyl groups excluding tert-OH is 2. The molecule has 0 fully saturated rings. The van der Waals surface area contributed by atoms with E-state index in [2.05, 4.69) is 0 Å². The van der Waals surface area contributed by atoms with E-state index in [1.165, 1.54) is 0 Å². The van der Waals surface area contributed by atoms with E-state index in [1.807, 2.05) is 42.5 Å². The molecule has 0 aliphatic carbocycles. The maximum atomic E-state index is 9.66. The van der Waals surface area contributed by atoms with Crippen LogP contribution in [0, 0.1) is 0 Å². The molecule has 2 rings (SSSR count). The average Bonchev–Trinajstić information content (AvgIpc) is 2.39. The number of ether oxygens (including phenoxy) is 1. The summed E-state index contributed by atoms with van der Waals surface area (Å²) in [5.41, 5.74) is 1.54. The standard InChI is InChI=1S/C15H16O3/c1-11(17)14-7-2-3-8-15(14)18-13-6-4-5-12(9-13)10-16/h2-9,11,16-17H,10H2,1H3/t11-/m1/s1.